The molecule has 1 aromatic rings. The van der Waals surface area contributed by atoms with Crippen LogP contribution in [0, 0.1) is 20.8 Å². The molecule has 20 heavy (non-hydrogen) atoms. The summed E-state index contributed by atoms with van der Waals surface area (Å²) in [4.78, 5) is 14.1. The lowest BCUT2D eigenvalue weighted by atomic mass is 10.1. The quantitative estimate of drug-likeness (QED) is 0.761. The van der Waals surface area contributed by atoms with E-state index in [-0.39, 0.29) is 12.5 Å². The molecule has 1 aromatic carbocycles. The van der Waals surface area contributed by atoms with Crippen molar-refractivity contribution in [2.45, 2.75) is 47.5 Å². The lowest BCUT2D eigenvalue weighted by molar-refractivity contribution is -0.133. The van der Waals surface area contributed by atoms with Crippen LogP contribution in [0.4, 0.5) is 0 Å². The molecule has 0 aliphatic carbocycles. The van der Waals surface area contributed by atoms with E-state index in [9.17, 15) is 4.79 Å². The van der Waals surface area contributed by atoms with Crippen molar-refractivity contribution in [3.63, 3.8) is 0 Å². The Morgan fingerprint density at radius 1 is 1.05 bits per heavy atom. The SMILES string of the molecule is CCCN(CCC)C(=O)COc1c(C)cc(C)cc1C. The molecular formula is C17H27NO2. The van der Waals surface area contributed by atoms with Crippen LogP contribution in [0.2, 0.25) is 0 Å². The van der Waals surface area contributed by atoms with Gasteiger partial charge in [-0.1, -0.05) is 31.5 Å². The van der Waals surface area contributed by atoms with Crippen LogP contribution in [0.15, 0.2) is 12.1 Å². The Morgan fingerprint density at radius 2 is 1.55 bits per heavy atom. The van der Waals surface area contributed by atoms with Crippen LogP contribution < -0.4 is 4.74 Å². The second-order valence-electron chi connectivity index (χ2n) is 5.40. The van der Waals surface area contributed by atoms with Crippen molar-refractivity contribution in [1.82, 2.24) is 4.90 Å². The minimum absolute atomic E-state index is 0.0769. The molecule has 0 aromatic heterocycles. The van der Waals surface area contributed by atoms with Crippen molar-refractivity contribution in [3.8, 4) is 5.75 Å². The lowest BCUT2D eigenvalue weighted by Gasteiger charge is -2.22. The van der Waals surface area contributed by atoms with Crippen LogP contribution in [0.1, 0.15) is 43.4 Å². The fourth-order valence-electron chi connectivity index (χ4n) is 2.52. The minimum Gasteiger partial charge on any atom is -0.483 e. The van der Waals surface area contributed by atoms with Crippen LogP contribution in [0.5, 0.6) is 5.75 Å². The number of hydrogen-bond donors (Lipinski definition) is 0. The zero-order chi connectivity index (χ0) is 15.1. The van der Waals surface area contributed by atoms with E-state index in [2.05, 4.69) is 32.9 Å². The van der Waals surface area contributed by atoms with E-state index in [0.717, 1.165) is 42.8 Å². The molecule has 0 bridgehead atoms. The highest BCUT2D eigenvalue weighted by molar-refractivity contribution is 5.77. The Hall–Kier alpha value is -1.51. The predicted molar refractivity (Wildman–Crippen MR) is 83.3 cm³/mol. The third kappa shape index (κ3) is 4.55. The van der Waals surface area contributed by atoms with Crippen molar-refractivity contribution < 1.29 is 9.53 Å². The van der Waals surface area contributed by atoms with Gasteiger partial charge in [-0.05, 0) is 44.7 Å². The van der Waals surface area contributed by atoms with E-state index in [1.165, 1.54) is 5.56 Å². The van der Waals surface area contributed by atoms with Gasteiger partial charge in [0.15, 0.2) is 6.61 Å². The number of carbonyl (C=O) groups excluding carboxylic acids is 1. The van der Waals surface area contributed by atoms with Crippen molar-refractivity contribution in [2.75, 3.05) is 19.7 Å². The van der Waals surface area contributed by atoms with Gasteiger partial charge >= 0.3 is 0 Å². The summed E-state index contributed by atoms with van der Waals surface area (Å²) in [5, 5.41) is 0. The molecule has 0 fully saturated rings. The van der Waals surface area contributed by atoms with Crippen LogP contribution >= 0.6 is 0 Å². The molecule has 0 saturated carbocycles. The molecule has 0 aliphatic heterocycles. The molecule has 1 rings (SSSR count). The largest absolute Gasteiger partial charge is 0.483 e. The molecule has 0 atom stereocenters. The second kappa shape index (κ2) is 7.93. The molecule has 0 aliphatic rings. The lowest BCUT2D eigenvalue weighted by Crippen LogP contribution is -2.36. The second-order valence-corrected chi connectivity index (χ2v) is 5.40. The first-order valence-corrected chi connectivity index (χ1v) is 7.48. The van der Waals surface area contributed by atoms with E-state index in [0.29, 0.717) is 0 Å². The summed E-state index contributed by atoms with van der Waals surface area (Å²) < 4.78 is 5.77. The summed E-state index contributed by atoms with van der Waals surface area (Å²) in [6.07, 6.45) is 1.96. The molecule has 0 saturated heterocycles. The first-order valence-electron chi connectivity index (χ1n) is 7.48. The molecule has 0 heterocycles. The summed E-state index contributed by atoms with van der Waals surface area (Å²) in [6, 6.07) is 4.17. The zero-order valence-corrected chi connectivity index (χ0v) is 13.5. The molecule has 0 unspecified atom stereocenters. The highest BCUT2D eigenvalue weighted by Crippen LogP contribution is 2.24. The average Bonchev–Trinajstić information content (AvgIpc) is 2.37. The minimum atomic E-state index is 0.0769. The normalized spacial score (nSPS) is 10.4. The van der Waals surface area contributed by atoms with Crippen LogP contribution in [-0.2, 0) is 4.79 Å². The smallest absolute Gasteiger partial charge is 0.260 e. The molecule has 0 spiro atoms. The maximum absolute atomic E-state index is 12.2. The van der Waals surface area contributed by atoms with E-state index < -0.39 is 0 Å². The van der Waals surface area contributed by atoms with Gasteiger partial charge in [0, 0.05) is 13.1 Å². The third-order valence-corrected chi connectivity index (χ3v) is 3.28. The van der Waals surface area contributed by atoms with Crippen LogP contribution in [-0.4, -0.2) is 30.5 Å². The predicted octanol–water partition coefficient (Wildman–Crippen LogP) is 3.64. The van der Waals surface area contributed by atoms with Gasteiger partial charge in [-0.3, -0.25) is 4.79 Å². The third-order valence-electron chi connectivity index (χ3n) is 3.28. The van der Waals surface area contributed by atoms with Gasteiger partial charge in [0.05, 0.1) is 0 Å². The van der Waals surface area contributed by atoms with E-state index in [1.54, 1.807) is 0 Å². The van der Waals surface area contributed by atoms with Crippen LogP contribution in [0.3, 0.4) is 0 Å². The Kier molecular flexibility index (Phi) is 6.56. The Balaban J connectivity index is 2.68. The van der Waals surface area contributed by atoms with Crippen molar-refractivity contribution in [3.05, 3.63) is 28.8 Å². The van der Waals surface area contributed by atoms with E-state index in [4.69, 9.17) is 4.74 Å². The molecule has 3 heteroatoms. The van der Waals surface area contributed by atoms with Crippen molar-refractivity contribution in [1.29, 1.82) is 0 Å². The number of carbonyl (C=O) groups is 1. The topological polar surface area (TPSA) is 29.5 Å². The van der Waals surface area contributed by atoms with Gasteiger partial charge in [-0.2, -0.15) is 0 Å². The Morgan fingerprint density at radius 3 is 2.00 bits per heavy atom. The van der Waals surface area contributed by atoms with Gasteiger partial charge in [0.25, 0.3) is 5.91 Å². The number of benzene rings is 1. The summed E-state index contributed by atoms with van der Waals surface area (Å²) >= 11 is 0. The molecule has 0 radical (unpaired) electrons. The van der Waals surface area contributed by atoms with Gasteiger partial charge < -0.3 is 9.64 Å². The molecule has 3 nitrogen and oxygen atoms in total. The first kappa shape index (κ1) is 16.5. The van der Waals surface area contributed by atoms with Crippen LogP contribution in [0.25, 0.3) is 0 Å². The first-order chi connectivity index (χ1) is 9.49. The van der Waals surface area contributed by atoms with Gasteiger partial charge in [-0.15, -0.1) is 0 Å². The number of aryl methyl sites for hydroxylation is 3. The number of hydrogen-bond acceptors (Lipinski definition) is 2. The van der Waals surface area contributed by atoms with E-state index >= 15 is 0 Å². The number of ether oxygens (including phenoxy) is 1. The van der Waals surface area contributed by atoms with E-state index in [1.807, 2.05) is 18.7 Å². The average molecular weight is 277 g/mol. The van der Waals surface area contributed by atoms with Gasteiger partial charge in [0.2, 0.25) is 0 Å². The number of rotatable bonds is 7. The fraction of sp³-hybridized carbons (Fsp3) is 0.588. The maximum atomic E-state index is 12.2. The van der Waals surface area contributed by atoms with Crippen molar-refractivity contribution >= 4 is 5.91 Å². The summed E-state index contributed by atoms with van der Waals surface area (Å²) in [7, 11) is 0. The zero-order valence-electron chi connectivity index (χ0n) is 13.5. The van der Waals surface area contributed by atoms with Gasteiger partial charge in [0.1, 0.15) is 5.75 Å². The monoisotopic (exact) mass is 277 g/mol. The highest BCUT2D eigenvalue weighted by atomic mass is 16.5. The molecule has 0 N–H and O–H groups in total. The summed E-state index contributed by atoms with van der Waals surface area (Å²) in [5.74, 6) is 0.921. The number of amides is 1. The summed E-state index contributed by atoms with van der Waals surface area (Å²) in [5.41, 5.74) is 3.40. The molecule has 1 amide bonds. The Labute approximate surface area is 122 Å². The maximum Gasteiger partial charge on any atom is 0.260 e. The van der Waals surface area contributed by atoms with Gasteiger partial charge in [-0.25, -0.2) is 0 Å². The number of nitrogens with zero attached hydrogens (tertiary/aromatic N) is 1. The fourth-order valence-corrected chi connectivity index (χ4v) is 2.52. The highest BCUT2D eigenvalue weighted by Gasteiger charge is 2.14. The molecule has 112 valence electrons. The standard InChI is InChI=1S/C17H27NO2/c1-6-8-18(9-7-2)16(19)12-20-17-14(4)10-13(3)11-15(17)5/h10-11H,6-9,12H2,1-5H3. The molecular weight excluding hydrogens is 250 g/mol. The summed E-state index contributed by atoms with van der Waals surface area (Å²) in [6.45, 7) is 12.0. The van der Waals surface area contributed by atoms with Crippen molar-refractivity contribution in [2.24, 2.45) is 0 Å². The Bertz CT molecular complexity index is 425.